The lowest BCUT2D eigenvalue weighted by molar-refractivity contribution is 0.665. The Kier molecular flexibility index (Phi) is 5.74. The molecule has 1 heterocycles. The van der Waals surface area contributed by atoms with Crippen molar-refractivity contribution in [2.75, 3.05) is 5.43 Å². The van der Waals surface area contributed by atoms with E-state index in [9.17, 15) is 0 Å². The molecule has 4 heteroatoms. The van der Waals surface area contributed by atoms with E-state index < -0.39 is 0 Å². The minimum absolute atomic E-state index is 0.845. The van der Waals surface area contributed by atoms with Gasteiger partial charge in [0, 0.05) is 16.7 Å². The third-order valence-corrected chi connectivity index (χ3v) is 3.93. The van der Waals surface area contributed by atoms with Gasteiger partial charge in [-0.25, -0.2) is 4.98 Å². The Morgan fingerprint density at radius 2 is 2.20 bits per heavy atom. The van der Waals surface area contributed by atoms with E-state index in [2.05, 4.69) is 22.1 Å². The maximum Gasteiger partial charge on any atom is 0.203 e. The summed E-state index contributed by atoms with van der Waals surface area (Å²) in [6.45, 7) is 5.74. The van der Waals surface area contributed by atoms with Gasteiger partial charge < -0.3 is 0 Å². The molecular weight excluding hydrogens is 266 g/mol. The van der Waals surface area contributed by atoms with Crippen LogP contribution in [0.2, 0.25) is 0 Å². The minimum Gasteiger partial charge on any atom is -0.253 e. The zero-order chi connectivity index (χ0) is 14.2. The van der Waals surface area contributed by atoms with Crippen LogP contribution in [0.1, 0.15) is 44.7 Å². The van der Waals surface area contributed by atoms with Crippen molar-refractivity contribution in [1.82, 2.24) is 4.98 Å². The predicted molar refractivity (Wildman–Crippen MR) is 89.2 cm³/mol. The second-order valence-corrected chi connectivity index (χ2v) is 5.60. The summed E-state index contributed by atoms with van der Waals surface area (Å²) < 4.78 is 0. The Balaban J connectivity index is 2.04. The van der Waals surface area contributed by atoms with Crippen molar-refractivity contribution in [2.24, 2.45) is 5.10 Å². The molecule has 2 rings (SSSR count). The van der Waals surface area contributed by atoms with Crippen molar-refractivity contribution >= 4 is 27.8 Å². The van der Waals surface area contributed by atoms with Crippen LogP contribution < -0.4 is 5.43 Å². The molecule has 1 fully saturated rings. The zero-order valence-corrected chi connectivity index (χ0v) is 12.7. The number of hydrogen-bond donors (Lipinski definition) is 1. The summed E-state index contributed by atoms with van der Waals surface area (Å²) in [6, 6.07) is 0. The normalized spacial score (nSPS) is 16.4. The fraction of sp³-hybridized carbons (Fsp3) is 0.375. The summed E-state index contributed by atoms with van der Waals surface area (Å²) in [5, 5.41) is 7.36. The fourth-order valence-electron chi connectivity index (χ4n) is 2.19. The molecule has 0 aromatic carbocycles. The van der Waals surface area contributed by atoms with Gasteiger partial charge in [-0.2, -0.15) is 5.10 Å². The molecule has 1 aliphatic rings. The van der Waals surface area contributed by atoms with Crippen molar-refractivity contribution < 1.29 is 0 Å². The SMILES string of the molecule is C=C/C=C(\C=C/C)c1csc(NN=C2CCCCC2)n1. The van der Waals surface area contributed by atoms with Crippen LogP contribution in [0, 0.1) is 0 Å². The van der Waals surface area contributed by atoms with Crippen LogP contribution in [-0.2, 0) is 0 Å². The molecule has 0 spiro atoms. The first-order valence-electron chi connectivity index (χ1n) is 7.06. The van der Waals surface area contributed by atoms with E-state index >= 15 is 0 Å². The largest absolute Gasteiger partial charge is 0.253 e. The number of thiazole rings is 1. The number of aromatic nitrogens is 1. The summed E-state index contributed by atoms with van der Waals surface area (Å²) in [5.74, 6) is 0. The van der Waals surface area contributed by atoms with Crippen molar-refractivity contribution in [3.05, 3.63) is 42.0 Å². The van der Waals surface area contributed by atoms with Gasteiger partial charge in [-0.15, -0.1) is 11.3 Å². The lowest BCUT2D eigenvalue weighted by atomic mass is 9.99. The lowest BCUT2D eigenvalue weighted by Crippen LogP contribution is -2.07. The molecule has 106 valence electrons. The molecule has 1 aliphatic carbocycles. The molecule has 0 bridgehead atoms. The van der Waals surface area contributed by atoms with E-state index in [0.29, 0.717) is 0 Å². The van der Waals surface area contributed by atoms with Crippen LogP contribution in [-0.4, -0.2) is 10.7 Å². The highest BCUT2D eigenvalue weighted by Crippen LogP contribution is 2.23. The molecule has 0 amide bonds. The second kappa shape index (κ2) is 7.80. The van der Waals surface area contributed by atoms with Crippen LogP contribution in [0.25, 0.3) is 5.57 Å². The first kappa shape index (κ1) is 14.7. The Bertz CT molecular complexity index is 530. The van der Waals surface area contributed by atoms with Gasteiger partial charge in [0.25, 0.3) is 0 Å². The van der Waals surface area contributed by atoms with Crippen molar-refractivity contribution in [3.63, 3.8) is 0 Å². The Hall–Kier alpha value is -1.68. The van der Waals surface area contributed by atoms with Crippen LogP contribution >= 0.6 is 11.3 Å². The topological polar surface area (TPSA) is 37.3 Å². The van der Waals surface area contributed by atoms with Gasteiger partial charge in [-0.05, 0) is 32.6 Å². The third kappa shape index (κ3) is 4.17. The predicted octanol–water partition coefficient (Wildman–Crippen LogP) is 5.02. The van der Waals surface area contributed by atoms with Gasteiger partial charge >= 0.3 is 0 Å². The summed E-state index contributed by atoms with van der Waals surface area (Å²) in [4.78, 5) is 4.57. The molecule has 0 saturated heterocycles. The van der Waals surface area contributed by atoms with Crippen molar-refractivity contribution in [1.29, 1.82) is 0 Å². The van der Waals surface area contributed by atoms with Crippen molar-refractivity contribution in [3.8, 4) is 0 Å². The minimum atomic E-state index is 0.845. The van der Waals surface area contributed by atoms with Gasteiger partial charge in [0.2, 0.25) is 5.13 Å². The molecule has 0 atom stereocenters. The number of nitrogens with one attached hydrogen (secondary N) is 1. The number of hydrazone groups is 1. The number of anilines is 1. The molecule has 1 saturated carbocycles. The Labute approximate surface area is 124 Å². The number of rotatable bonds is 5. The van der Waals surface area contributed by atoms with E-state index in [1.807, 2.05) is 30.5 Å². The van der Waals surface area contributed by atoms with Crippen LogP contribution in [0.4, 0.5) is 5.13 Å². The van der Waals surface area contributed by atoms with Crippen LogP contribution in [0.5, 0.6) is 0 Å². The molecule has 0 radical (unpaired) electrons. The standard InChI is InChI=1S/C16H21N3S/c1-3-8-13(9-4-2)15-12-20-16(17-15)19-18-14-10-6-5-7-11-14/h3-4,8-9,12H,1,5-7,10-11H2,2H3,(H,17,19)/b9-4-,13-8+. The number of nitrogens with zero attached hydrogens (tertiary/aromatic N) is 2. The summed E-state index contributed by atoms with van der Waals surface area (Å²) >= 11 is 1.58. The fourth-order valence-corrected chi connectivity index (χ4v) is 2.85. The summed E-state index contributed by atoms with van der Waals surface area (Å²) in [6.07, 6.45) is 13.9. The van der Waals surface area contributed by atoms with E-state index in [1.54, 1.807) is 17.4 Å². The molecule has 3 nitrogen and oxygen atoms in total. The van der Waals surface area contributed by atoms with Gasteiger partial charge in [0.1, 0.15) is 0 Å². The van der Waals surface area contributed by atoms with Crippen molar-refractivity contribution in [2.45, 2.75) is 39.0 Å². The van der Waals surface area contributed by atoms with E-state index in [4.69, 9.17) is 0 Å². The average Bonchev–Trinajstić information content (AvgIpc) is 2.95. The molecular formula is C16H21N3S. The lowest BCUT2D eigenvalue weighted by Gasteiger charge is -2.11. The highest BCUT2D eigenvalue weighted by Gasteiger charge is 2.08. The summed E-state index contributed by atoms with van der Waals surface area (Å²) in [5.41, 5.74) is 6.38. The van der Waals surface area contributed by atoms with E-state index in [0.717, 1.165) is 29.2 Å². The second-order valence-electron chi connectivity index (χ2n) is 4.75. The first-order chi connectivity index (χ1) is 9.83. The summed E-state index contributed by atoms with van der Waals surface area (Å²) in [7, 11) is 0. The first-order valence-corrected chi connectivity index (χ1v) is 7.94. The third-order valence-electron chi connectivity index (χ3n) is 3.18. The highest BCUT2D eigenvalue weighted by molar-refractivity contribution is 7.13. The Morgan fingerprint density at radius 3 is 2.90 bits per heavy atom. The molecule has 1 aromatic rings. The Morgan fingerprint density at radius 1 is 1.40 bits per heavy atom. The molecule has 1 aromatic heterocycles. The quantitative estimate of drug-likeness (QED) is 0.610. The van der Waals surface area contributed by atoms with Crippen LogP contribution in [0.15, 0.2) is 41.4 Å². The molecule has 1 N–H and O–H groups in total. The molecule has 20 heavy (non-hydrogen) atoms. The maximum absolute atomic E-state index is 4.57. The van der Waals surface area contributed by atoms with E-state index in [1.165, 1.54) is 25.0 Å². The van der Waals surface area contributed by atoms with Gasteiger partial charge in [0.05, 0.1) is 5.69 Å². The smallest absolute Gasteiger partial charge is 0.203 e. The monoisotopic (exact) mass is 287 g/mol. The van der Waals surface area contributed by atoms with Crippen LogP contribution in [0.3, 0.4) is 0 Å². The van der Waals surface area contributed by atoms with E-state index in [-0.39, 0.29) is 0 Å². The van der Waals surface area contributed by atoms with Gasteiger partial charge in [0.15, 0.2) is 0 Å². The highest BCUT2D eigenvalue weighted by atomic mass is 32.1. The van der Waals surface area contributed by atoms with Gasteiger partial charge in [-0.3, -0.25) is 5.43 Å². The number of allylic oxidation sites excluding steroid dienone is 5. The molecule has 0 aliphatic heterocycles. The maximum atomic E-state index is 4.57. The number of hydrogen-bond acceptors (Lipinski definition) is 4. The van der Waals surface area contributed by atoms with Gasteiger partial charge in [-0.1, -0.05) is 37.3 Å². The zero-order valence-electron chi connectivity index (χ0n) is 11.9. The average molecular weight is 287 g/mol. The molecule has 0 unspecified atom stereocenters.